The molecule has 2 N–H and O–H groups in total. The molecule has 2 heterocycles. The van der Waals surface area contributed by atoms with Crippen LogP contribution in [-0.4, -0.2) is 35.6 Å². The predicted molar refractivity (Wildman–Crippen MR) is 77.1 cm³/mol. The topological polar surface area (TPSA) is 76.2 Å². The number of nitrogens with zero attached hydrogens (tertiary/aromatic N) is 1. The van der Waals surface area contributed by atoms with E-state index in [0.29, 0.717) is 48.3 Å². The van der Waals surface area contributed by atoms with Crippen molar-refractivity contribution in [2.45, 2.75) is 6.42 Å². The molecule has 0 fully saturated rings. The van der Waals surface area contributed by atoms with Gasteiger partial charge in [0.1, 0.15) is 19.0 Å². The number of carbonyl (C=O) groups is 1. The Kier molecular flexibility index (Phi) is 3.96. The van der Waals surface area contributed by atoms with Crippen LogP contribution in [0.5, 0.6) is 11.5 Å². The fourth-order valence-corrected chi connectivity index (χ4v) is 2.34. The Morgan fingerprint density at radius 2 is 2.24 bits per heavy atom. The fourth-order valence-electron chi connectivity index (χ4n) is 2.07. The predicted octanol–water partition coefficient (Wildman–Crippen LogP) is 1.81. The largest absolute Gasteiger partial charge is 0.486 e. The van der Waals surface area contributed by atoms with Gasteiger partial charge in [-0.3, -0.25) is 4.79 Å². The Morgan fingerprint density at radius 1 is 1.38 bits per heavy atom. The minimum absolute atomic E-state index is 0.208. The minimum Gasteiger partial charge on any atom is -0.486 e. The monoisotopic (exact) mass is 307 g/mol. The quantitative estimate of drug-likeness (QED) is 0.903. The van der Waals surface area contributed by atoms with E-state index in [1.54, 1.807) is 24.5 Å². The Bertz CT molecular complexity index is 643. The molecule has 0 radical (unpaired) electrons. The summed E-state index contributed by atoms with van der Waals surface area (Å²) in [6, 6.07) is 3.22. The summed E-state index contributed by atoms with van der Waals surface area (Å²) in [7, 11) is 0. The number of nitrogens with one attached hydrogen (secondary N) is 2. The number of H-pyrrole nitrogens is 1. The number of hydrogen-bond acceptors (Lipinski definition) is 4. The van der Waals surface area contributed by atoms with Crippen molar-refractivity contribution in [3.05, 3.63) is 40.9 Å². The number of hydrogen-bond donors (Lipinski definition) is 2. The SMILES string of the molecule is O=C(NCCc1ncc[nH]1)c1cc(Cl)c2c(c1)OCCO2. The van der Waals surface area contributed by atoms with Gasteiger partial charge in [-0.1, -0.05) is 11.6 Å². The highest BCUT2D eigenvalue weighted by molar-refractivity contribution is 6.32. The van der Waals surface area contributed by atoms with E-state index in [2.05, 4.69) is 15.3 Å². The van der Waals surface area contributed by atoms with E-state index in [1.165, 1.54) is 0 Å². The van der Waals surface area contributed by atoms with Crippen molar-refractivity contribution in [1.29, 1.82) is 0 Å². The lowest BCUT2D eigenvalue weighted by molar-refractivity contribution is 0.0952. The molecule has 0 saturated heterocycles. The van der Waals surface area contributed by atoms with Gasteiger partial charge in [0.15, 0.2) is 11.5 Å². The number of ether oxygens (including phenoxy) is 2. The molecule has 0 unspecified atom stereocenters. The van der Waals surface area contributed by atoms with Gasteiger partial charge in [-0.25, -0.2) is 4.98 Å². The van der Waals surface area contributed by atoms with Crippen LogP contribution < -0.4 is 14.8 Å². The van der Waals surface area contributed by atoms with Crippen LogP contribution in [0.4, 0.5) is 0 Å². The number of amides is 1. The Hall–Kier alpha value is -2.21. The van der Waals surface area contributed by atoms with Gasteiger partial charge in [0.25, 0.3) is 5.91 Å². The lowest BCUT2D eigenvalue weighted by atomic mass is 10.1. The third-order valence-corrected chi connectivity index (χ3v) is 3.34. The van der Waals surface area contributed by atoms with Crippen molar-refractivity contribution in [2.75, 3.05) is 19.8 Å². The highest BCUT2D eigenvalue weighted by Gasteiger charge is 2.19. The highest BCUT2D eigenvalue weighted by atomic mass is 35.5. The summed E-state index contributed by atoms with van der Waals surface area (Å²) in [5.41, 5.74) is 0.448. The molecule has 1 aromatic heterocycles. The molecule has 1 aliphatic heterocycles. The summed E-state index contributed by atoms with van der Waals surface area (Å²) >= 11 is 6.11. The fraction of sp³-hybridized carbons (Fsp3) is 0.286. The molecule has 0 saturated carbocycles. The van der Waals surface area contributed by atoms with E-state index in [0.717, 1.165) is 5.82 Å². The molecule has 2 aromatic rings. The van der Waals surface area contributed by atoms with Gasteiger partial charge in [-0.05, 0) is 12.1 Å². The number of halogens is 1. The Morgan fingerprint density at radius 3 is 3.05 bits per heavy atom. The molecule has 110 valence electrons. The van der Waals surface area contributed by atoms with E-state index in [4.69, 9.17) is 21.1 Å². The lowest BCUT2D eigenvalue weighted by Gasteiger charge is -2.20. The van der Waals surface area contributed by atoms with Gasteiger partial charge in [0, 0.05) is 30.9 Å². The van der Waals surface area contributed by atoms with E-state index >= 15 is 0 Å². The van der Waals surface area contributed by atoms with Crippen molar-refractivity contribution >= 4 is 17.5 Å². The molecule has 7 heteroatoms. The zero-order valence-corrected chi connectivity index (χ0v) is 11.9. The standard InChI is InChI=1S/C14H14ClN3O3/c15-10-7-9(8-11-13(10)21-6-5-20-11)14(19)18-2-1-12-16-3-4-17-12/h3-4,7-8H,1-2,5-6H2,(H,16,17)(H,18,19). The number of fused-ring (bicyclic) bond motifs is 1. The summed E-state index contributed by atoms with van der Waals surface area (Å²) < 4.78 is 10.9. The first-order valence-corrected chi connectivity index (χ1v) is 6.97. The van der Waals surface area contributed by atoms with Gasteiger partial charge < -0.3 is 19.8 Å². The van der Waals surface area contributed by atoms with Crippen LogP contribution in [0, 0.1) is 0 Å². The lowest BCUT2D eigenvalue weighted by Crippen LogP contribution is -2.26. The smallest absolute Gasteiger partial charge is 0.251 e. The molecule has 0 atom stereocenters. The van der Waals surface area contributed by atoms with Crippen molar-refractivity contribution in [1.82, 2.24) is 15.3 Å². The van der Waals surface area contributed by atoms with Gasteiger partial charge in [-0.15, -0.1) is 0 Å². The first kappa shape index (κ1) is 13.8. The number of rotatable bonds is 4. The van der Waals surface area contributed by atoms with E-state index in [-0.39, 0.29) is 5.91 Å². The highest BCUT2D eigenvalue weighted by Crippen LogP contribution is 2.38. The first-order valence-electron chi connectivity index (χ1n) is 6.59. The summed E-state index contributed by atoms with van der Waals surface area (Å²) in [4.78, 5) is 19.2. The summed E-state index contributed by atoms with van der Waals surface area (Å²) in [6.45, 7) is 1.40. The second-order valence-electron chi connectivity index (χ2n) is 4.52. The molecular weight excluding hydrogens is 294 g/mol. The average molecular weight is 308 g/mol. The second-order valence-corrected chi connectivity index (χ2v) is 4.93. The number of aromatic amines is 1. The van der Waals surface area contributed by atoms with Gasteiger partial charge in [0.2, 0.25) is 0 Å². The Balaban J connectivity index is 1.65. The average Bonchev–Trinajstić information content (AvgIpc) is 3.00. The molecule has 1 aromatic carbocycles. The molecule has 1 amide bonds. The third kappa shape index (κ3) is 3.11. The van der Waals surface area contributed by atoms with E-state index < -0.39 is 0 Å². The van der Waals surface area contributed by atoms with E-state index in [1.807, 2.05) is 0 Å². The van der Waals surface area contributed by atoms with Crippen LogP contribution in [0.25, 0.3) is 0 Å². The van der Waals surface area contributed by atoms with Crippen LogP contribution in [-0.2, 0) is 6.42 Å². The molecule has 0 spiro atoms. The molecule has 0 bridgehead atoms. The summed E-state index contributed by atoms with van der Waals surface area (Å²) in [5, 5.41) is 3.20. The normalized spacial score (nSPS) is 13.0. The Labute approximate surface area is 126 Å². The van der Waals surface area contributed by atoms with Crippen LogP contribution in [0.1, 0.15) is 16.2 Å². The first-order chi connectivity index (χ1) is 10.2. The molecular formula is C14H14ClN3O3. The number of imidazole rings is 1. The second kappa shape index (κ2) is 6.05. The number of aromatic nitrogens is 2. The molecule has 21 heavy (non-hydrogen) atoms. The molecule has 6 nitrogen and oxygen atoms in total. The maximum Gasteiger partial charge on any atom is 0.251 e. The summed E-state index contributed by atoms with van der Waals surface area (Å²) in [6.07, 6.45) is 4.06. The van der Waals surface area contributed by atoms with Gasteiger partial charge in [-0.2, -0.15) is 0 Å². The maximum absolute atomic E-state index is 12.1. The zero-order valence-electron chi connectivity index (χ0n) is 11.2. The van der Waals surface area contributed by atoms with Gasteiger partial charge in [0.05, 0.1) is 5.02 Å². The minimum atomic E-state index is -0.208. The van der Waals surface area contributed by atoms with Crippen LogP contribution in [0.15, 0.2) is 24.5 Å². The van der Waals surface area contributed by atoms with Crippen LogP contribution in [0.3, 0.4) is 0 Å². The van der Waals surface area contributed by atoms with Crippen LogP contribution >= 0.6 is 11.6 Å². The van der Waals surface area contributed by atoms with Gasteiger partial charge >= 0.3 is 0 Å². The summed E-state index contributed by atoms with van der Waals surface area (Å²) in [5.74, 6) is 1.62. The molecule has 0 aliphatic carbocycles. The van der Waals surface area contributed by atoms with Crippen molar-refractivity contribution in [2.24, 2.45) is 0 Å². The van der Waals surface area contributed by atoms with Crippen molar-refractivity contribution < 1.29 is 14.3 Å². The van der Waals surface area contributed by atoms with E-state index in [9.17, 15) is 4.79 Å². The van der Waals surface area contributed by atoms with Crippen LogP contribution in [0.2, 0.25) is 5.02 Å². The van der Waals surface area contributed by atoms with Crippen molar-refractivity contribution in [3.63, 3.8) is 0 Å². The molecule has 3 rings (SSSR count). The third-order valence-electron chi connectivity index (χ3n) is 3.06. The maximum atomic E-state index is 12.1. The van der Waals surface area contributed by atoms with Crippen molar-refractivity contribution in [3.8, 4) is 11.5 Å². The number of benzene rings is 1. The number of carbonyl (C=O) groups excluding carboxylic acids is 1. The zero-order chi connectivity index (χ0) is 14.7. The molecule has 1 aliphatic rings.